The fourth-order valence-corrected chi connectivity index (χ4v) is 4.20. The van der Waals surface area contributed by atoms with Crippen LogP contribution in [0.15, 0.2) is 54.7 Å². The third-order valence-electron chi connectivity index (χ3n) is 5.60. The molecule has 2 aliphatic heterocycles. The summed E-state index contributed by atoms with van der Waals surface area (Å²) in [6, 6.07) is 16.6. The lowest BCUT2D eigenvalue weighted by molar-refractivity contribution is -0.133. The van der Waals surface area contributed by atoms with Crippen LogP contribution in [0.5, 0.6) is 0 Å². The van der Waals surface area contributed by atoms with Crippen molar-refractivity contribution in [3.63, 3.8) is 0 Å². The number of rotatable bonds is 5. The van der Waals surface area contributed by atoms with Crippen molar-refractivity contribution >= 4 is 5.91 Å². The molecule has 0 spiro atoms. The lowest BCUT2D eigenvalue weighted by Crippen LogP contribution is -2.47. The fraction of sp³-hybridized carbons (Fsp3) is 0.455. The lowest BCUT2D eigenvalue weighted by Gasteiger charge is -2.26. The highest BCUT2D eigenvalue weighted by atomic mass is 16.2. The highest BCUT2D eigenvalue weighted by molar-refractivity contribution is 5.82. The number of hydrogen-bond acceptors (Lipinski definition) is 5. The van der Waals surface area contributed by atoms with Gasteiger partial charge in [-0.2, -0.15) is 0 Å². The number of carbonyl (C=O) groups excluding carboxylic acids is 1. The Balaban J connectivity index is 1.47. The van der Waals surface area contributed by atoms with Crippen LogP contribution >= 0.6 is 0 Å². The third-order valence-corrected chi connectivity index (χ3v) is 5.60. The van der Waals surface area contributed by atoms with E-state index in [0.29, 0.717) is 5.92 Å². The van der Waals surface area contributed by atoms with E-state index in [0.717, 1.165) is 57.8 Å². The second-order valence-corrected chi connectivity index (χ2v) is 7.81. The molecule has 4 rings (SSSR count). The van der Waals surface area contributed by atoms with Crippen LogP contribution in [0, 0.1) is 5.92 Å². The summed E-state index contributed by atoms with van der Waals surface area (Å²) in [6.07, 6.45) is 3.60. The van der Waals surface area contributed by atoms with Crippen molar-refractivity contribution in [3.8, 4) is 0 Å². The average molecular weight is 380 g/mol. The zero-order valence-corrected chi connectivity index (χ0v) is 16.3. The van der Waals surface area contributed by atoms with Gasteiger partial charge in [0, 0.05) is 51.2 Å². The van der Waals surface area contributed by atoms with E-state index in [9.17, 15) is 4.79 Å². The van der Waals surface area contributed by atoms with Gasteiger partial charge in [-0.1, -0.05) is 36.4 Å². The quantitative estimate of drug-likeness (QED) is 0.824. The minimum Gasteiger partial charge on any atom is -0.340 e. The molecule has 1 amide bonds. The van der Waals surface area contributed by atoms with Gasteiger partial charge < -0.3 is 4.90 Å². The molecule has 2 aromatic rings. The molecular formula is C22H29N5O. The van der Waals surface area contributed by atoms with Crippen LogP contribution in [-0.4, -0.2) is 59.5 Å². The lowest BCUT2D eigenvalue weighted by atomic mass is 10.0. The maximum absolute atomic E-state index is 13.0. The van der Waals surface area contributed by atoms with Gasteiger partial charge in [0.25, 0.3) is 0 Å². The van der Waals surface area contributed by atoms with Crippen LogP contribution < -0.4 is 10.9 Å². The largest absolute Gasteiger partial charge is 0.340 e. The van der Waals surface area contributed by atoms with Crippen LogP contribution in [0.25, 0.3) is 0 Å². The van der Waals surface area contributed by atoms with Gasteiger partial charge in [-0.3, -0.25) is 20.1 Å². The highest BCUT2D eigenvalue weighted by Crippen LogP contribution is 2.18. The Morgan fingerprint density at radius 1 is 1.07 bits per heavy atom. The number of benzene rings is 1. The van der Waals surface area contributed by atoms with Crippen molar-refractivity contribution in [2.24, 2.45) is 5.92 Å². The van der Waals surface area contributed by atoms with Crippen molar-refractivity contribution in [3.05, 3.63) is 66.0 Å². The molecule has 2 fully saturated rings. The fourth-order valence-electron chi connectivity index (χ4n) is 4.20. The number of carbonyl (C=O) groups is 1. The molecule has 2 saturated heterocycles. The first-order chi connectivity index (χ1) is 13.8. The monoisotopic (exact) mass is 379 g/mol. The van der Waals surface area contributed by atoms with Gasteiger partial charge in [0.05, 0.1) is 0 Å². The minimum absolute atomic E-state index is 0.101. The zero-order valence-electron chi connectivity index (χ0n) is 16.3. The third kappa shape index (κ3) is 4.95. The number of amides is 1. The summed E-state index contributed by atoms with van der Waals surface area (Å²) in [5, 5.41) is 0. The molecule has 2 aliphatic rings. The van der Waals surface area contributed by atoms with Crippen molar-refractivity contribution in [2.45, 2.75) is 25.4 Å². The standard InChI is InChI=1S/C22H29N5O/c28-22(21-9-11-24-25-21)27-13-12-26(15-18-6-2-1-3-7-18)16-19(17-27)14-20-8-4-5-10-23-20/h1-8,10,19,21,24-25H,9,11-17H2. The molecule has 2 unspecified atom stereocenters. The summed E-state index contributed by atoms with van der Waals surface area (Å²) in [4.78, 5) is 22.1. The molecule has 6 heteroatoms. The maximum atomic E-state index is 13.0. The molecule has 0 aliphatic carbocycles. The van der Waals surface area contributed by atoms with E-state index < -0.39 is 0 Å². The maximum Gasteiger partial charge on any atom is 0.241 e. The molecule has 0 radical (unpaired) electrons. The molecule has 0 bridgehead atoms. The molecule has 3 heterocycles. The number of hydrogen-bond donors (Lipinski definition) is 2. The predicted molar refractivity (Wildman–Crippen MR) is 109 cm³/mol. The summed E-state index contributed by atoms with van der Waals surface area (Å²) in [5.74, 6) is 0.594. The summed E-state index contributed by atoms with van der Waals surface area (Å²) in [5.41, 5.74) is 8.62. The molecule has 2 atom stereocenters. The minimum atomic E-state index is -0.101. The number of nitrogens with zero attached hydrogens (tertiary/aromatic N) is 3. The smallest absolute Gasteiger partial charge is 0.241 e. The predicted octanol–water partition coefficient (Wildman–Crippen LogP) is 1.45. The summed E-state index contributed by atoms with van der Waals surface area (Å²) in [6.45, 7) is 5.22. The van der Waals surface area contributed by atoms with Crippen molar-refractivity contribution in [2.75, 3.05) is 32.7 Å². The van der Waals surface area contributed by atoms with Crippen LogP contribution in [0.2, 0.25) is 0 Å². The number of nitrogens with one attached hydrogen (secondary N) is 2. The first-order valence-corrected chi connectivity index (χ1v) is 10.2. The molecule has 0 saturated carbocycles. The van der Waals surface area contributed by atoms with E-state index in [4.69, 9.17) is 0 Å². The van der Waals surface area contributed by atoms with Gasteiger partial charge in [0.15, 0.2) is 0 Å². The number of aromatic nitrogens is 1. The Kier molecular flexibility index (Phi) is 6.31. The van der Waals surface area contributed by atoms with Crippen molar-refractivity contribution in [1.82, 2.24) is 25.6 Å². The van der Waals surface area contributed by atoms with E-state index in [1.807, 2.05) is 18.3 Å². The van der Waals surface area contributed by atoms with Gasteiger partial charge in [0.2, 0.25) is 5.91 Å². The second-order valence-electron chi connectivity index (χ2n) is 7.81. The molecule has 2 N–H and O–H groups in total. The van der Waals surface area contributed by atoms with Crippen LogP contribution in [-0.2, 0) is 17.8 Å². The van der Waals surface area contributed by atoms with Crippen molar-refractivity contribution in [1.29, 1.82) is 0 Å². The van der Waals surface area contributed by atoms with E-state index in [-0.39, 0.29) is 11.9 Å². The first-order valence-electron chi connectivity index (χ1n) is 10.2. The average Bonchev–Trinajstić information content (AvgIpc) is 3.19. The highest BCUT2D eigenvalue weighted by Gasteiger charge is 2.31. The number of pyridine rings is 1. The Labute approximate surface area is 166 Å². The van der Waals surface area contributed by atoms with Gasteiger partial charge in [0.1, 0.15) is 6.04 Å². The number of hydrazine groups is 1. The van der Waals surface area contributed by atoms with Gasteiger partial charge in [-0.25, -0.2) is 5.43 Å². The van der Waals surface area contributed by atoms with Crippen LogP contribution in [0.4, 0.5) is 0 Å². The first kappa shape index (κ1) is 19.1. The van der Waals surface area contributed by atoms with Crippen molar-refractivity contribution < 1.29 is 4.79 Å². The Hall–Kier alpha value is -2.28. The van der Waals surface area contributed by atoms with E-state index in [1.165, 1.54) is 5.56 Å². The van der Waals surface area contributed by atoms with Crippen LogP contribution in [0.1, 0.15) is 17.7 Å². The van der Waals surface area contributed by atoms with E-state index >= 15 is 0 Å². The molecule has 1 aromatic carbocycles. The van der Waals surface area contributed by atoms with Crippen LogP contribution in [0.3, 0.4) is 0 Å². The molecule has 28 heavy (non-hydrogen) atoms. The molecule has 6 nitrogen and oxygen atoms in total. The Morgan fingerprint density at radius 3 is 2.68 bits per heavy atom. The van der Waals surface area contributed by atoms with Gasteiger partial charge in [-0.15, -0.1) is 0 Å². The zero-order chi connectivity index (χ0) is 19.2. The Morgan fingerprint density at radius 2 is 1.93 bits per heavy atom. The van der Waals surface area contributed by atoms with E-state index in [2.05, 4.69) is 62.0 Å². The van der Waals surface area contributed by atoms with E-state index in [1.54, 1.807) is 0 Å². The summed E-state index contributed by atoms with van der Waals surface area (Å²) < 4.78 is 0. The molecule has 148 valence electrons. The topological polar surface area (TPSA) is 60.5 Å². The normalized spacial score (nSPS) is 23.5. The summed E-state index contributed by atoms with van der Waals surface area (Å²) in [7, 11) is 0. The summed E-state index contributed by atoms with van der Waals surface area (Å²) >= 11 is 0. The molecular weight excluding hydrogens is 350 g/mol. The molecule has 1 aromatic heterocycles. The van der Waals surface area contributed by atoms with Gasteiger partial charge in [-0.05, 0) is 36.5 Å². The Bertz CT molecular complexity index is 748. The van der Waals surface area contributed by atoms with Gasteiger partial charge >= 0.3 is 0 Å². The second kappa shape index (κ2) is 9.28. The SMILES string of the molecule is O=C(C1CCNN1)N1CCN(Cc2ccccc2)CC(Cc2ccccn2)C1.